The third-order valence-electron chi connectivity index (χ3n) is 6.19. The Morgan fingerprint density at radius 2 is 1.97 bits per heavy atom. The molecule has 0 saturated heterocycles. The van der Waals surface area contributed by atoms with Gasteiger partial charge in [0.2, 0.25) is 0 Å². The number of aryl methyl sites for hydroxylation is 1. The lowest BCUT2D eigenvalue weighted by Crippen LogP contribution is -2.39. The topological polar surface area (TPSA) is 93.1 Å². The van der Waals surface area contributed by atoms with Gasteiger partial charge in [0.25, 0.3) is 5.91 Å². The number of rotatable bonds is 11. The first-order chi connectivity index (χ1) is 17.5. The van der Waals surface area contributed by atoms with Gasteiger partial charge >= 0.3 is 0 Å². The molecule has 1 heterocycles. The Balaban J connectivity index is 1.72. The largest absolute Gasteiger partial charge is 0.485 e. The normalized spacial score (nSPS) is 12.4. The molecular weight excluding hydrogens is 539 g/mol. The van der Waals surface area contributed by atoms with Gasteiger partial charge < -0.3 is 19.8 Å². The second kappa shape index (κ2) is 12.6. The molecule has 0 fully saturated rings. The number of nitrogens with two attached hydrogens (primary N) is 1. The van der Waals surface area contributed by atoms with E-state index in [1.165, 1.54) is 18.2 Å². The number of furan rings is 1. The van der Waals surface area contributed by atoms with Crippen molar-refractivity contribution in [3.05, 3.63) is 63.6 Å². The highest BCUT2D eigenvalue weighted by Crippen LogP contribution is 2.30. The van der Waals surface area contributed by atoms with Crippen molar-refractivity contribution in [1.82, 2.24) is 10.2 Å². The molecule has 0 aliphatic rings. The minimum Gasteiger partial charge on any atom is -0.485 e. The Morgan fingerprint density at radius 3 is 2.68 bits per heavy atom. The van der Waals surface area contributed by atoms with Crippen molar-refractivity contribution >= 4 is 38.8 Å². The third kappa shape index (κ3) is 7.79. The van der Waals surface area contributed by atoms with Gasteiger partial charge in [-0.2, -0.15) is 0 Å². The number of aliphatic imine (C=N–C) groups is 1. The molecule has 0 bridgehead atoms. The summed E-state index contributed by atoms with van der Waals surface area (Å²) in [6, 6.07) is 9.89. The van der Waals surface area contributed by atoms with Crippen molar-refractivity contribution in [2.45, 2.75) is 59.6 Å². The number of benzene rings is 2. The van der Waals surface area contributed by atoms with E-state index < -0.39 is 17.3 Å². The highest BCUT2D eigenvalue weighted by Gasteiger charge is 2.21. The Kier molecular flexibility index (Phi) is 9.73. The maximum Gasteiger partial charge on any atom is 0.261 e. The lowest BCUT2D eigenvalue weighted by molar-refractivity contribution is 0.0971. The first-order valence-electron chi connectivity index (χ1n) is 12.5. The van der Waals surface area contributed by atoms with Crippen molar-refractivity contribution in [1.29, 1.82) is 0 Å². The fourth-order valence-electron chi connectivity index (χ4n) is 4.27. The zero-order valence-electron chi connectivity index (χ0n) is 22.2. The zero-order chi connectivity index (χ0) is 27.2. The van der Waals surface area contributed by atoms with E-state index >= 15 is 0 Å². The average Bonchev–Trinajstić information content (AvgIpc) is 3.20. The molecule has 0 aliphatic heterocycles. The number of fused-ring (bicyclic) bond motifs is 1. The molecule has 0 radical (unpaired) electrons. The van der Waals surface area contributed by atoms with Crippen molar-refractivity contribution in [3.8, 4) is 5.75 Å². The predicted octanol–water partition coefficient (Wildman–Crippen LogP) is 6.17. The number of carbonyl (C=O) groups is 1. The Labute approximate surface area is 226 Å². The zero-order valence-corrected chi connectivity index (χ0v) is 23.7. The quantitative estimate of drug-likeness (QED) is 0.211. The number of carbonyl (C=O) groups excluding carboxylic acids is 1. The van der Waals surface area contributed by atoms with Crippen LogP contribution in [0.3, 0.4) is 0 Å². The van der Waals surface area contributed by atoms with Crippen molar-refractivity contribution in [2.24, 2.45) is 10.7 Å². The summed E-state index contributed by atoms with van der Waals surface area (Å²) in [5.41, 5.74) is 7.02. The van der Waals surface area contributed by atoms with E-state index in [4.69, 9.17) is 14.9 Å². The van der Waals surface area contributed by atoms with E-state index in [1.54, 1.807) is 0 Å². The van der Waals surface area contributed by atoms with Crippen molar-refractivity contribution < 1.29 is 18.3 Å². The third-order valence-corrected chi connectivity index (χ3v) is 6.64. The molecule has 3 aromatic rings. The number of guanidine groups is 1. The van der Waals surface area contributed by atoms with E-state index in [0.717, 1.165) is 53.7 Å². The van der Waals surface area contributed by atoms with Gasteiger partial charge in [0.1, 0.15) is 18.0 Å². The summed E-state index contributed by atoms with van der Waals surface area (Å²) in [5.74, 6) is -0.675. The van der Waals surface area contributed by atoms with Crippen LogP contribution in [-0.4, -0.2) is 41.9 Å². The summed E-state index contributed by atoms with van der Waals surface area (Å²) in [6.45, 7) is 13.1. The highest BCUT2D eigenvalue weighted by molar-refractivity contribution is 9.10. The molecule has 3 N–H and O–H groups in total. The minimum atomic E-state index is -0.651. The molecule has 2 aromatic carbocycles. The molecule has 1 aromatic heterocycles. The second-order valence-corrected chi connectivity index (χ2v) is 10.6. The first kappa shape index (κ1) is 28.7. The van der Waals surface area contributed by atoms with Crippen molar-refractivity contribution in [3.63, 3.8) is 0 Å². The van der Waals surface area contributed by atoms with Gasteiger partial charge in [-0.05, 0) is 83.6 Å². The van der Waals surface area contributed by atoms with Gasteiger partial charge in [-0.15, -0.1) is 0 Å². The van der Waals surface area contributed by atoms with E-state index in [-0.39, 0.29) is 23.9 Å². The molecular formula is C28H36BrFN4O3. The summed E-state index contributed by atoms with van der Waals surface area (Å²) in [7, 11) is 0. The average molecular weight is 576 g/mol. The fourth-order valence-corrected chi connectivity index (χ4v) is 4.80. The summed E-state index contributed by atoms with van der Waals surface area (Å²) in [5, 5.41) is 3.49. The number of halogens is 2. The molecule has 0 aliphatic carbocycles. The lowest BCUT2D eigenvalue weighted by Gasteiger charge is -2.23. The first-order valence-corrected chi connectivity index (χ1v) is 13.3. The van der Waals surface area contributed by atoms with E-state index in [0.29, 0.717) is 5.58 Å². The monoisotopic (exact) mass is 574 g/mol. The molecule has 37 heavy (non-hydrogen) atoms. The second-order valence-electron chi connectivity index (χ2n) is 9.64. The van der Waals surface area contributed by atoms with Gasteiger partial charge in [0, 0.05) is 15.4 Å². The number of nitrogens with zero attached hydrogens (tertiary/aromatic N) is 2. The minimum absolute atomic E-state index is 0.00719. The number of nitrogens with one attached hydrogen (secondary N) is 1. The number of amides is 1. The molecule has 3 rings (SSSR count). The molecule has 0 saturated carbocycles. The molecule has 0 unspecified atom stereocenters. The molecule has 1 amide bonds. The van der Waals surface area contributed by atoms with Gasteiger partial charge in [-0.1, -0.05) is 35.8 Å². The number of ether oxygens (including phenoxy) is 1. The number of hydrogen-bond donors (Lipinski definition) is 2. The Hall–Kier alpha value is -2.91. The summed E-state index contributed by atoms with van der Waals surface area (Å²) in [6.07, 6.45) is 1.76. The van der Waals surface area contributed by atoms with Gasteiger partial charge in [-0.25, -0.2) is 9.38 Å². The van der Waals surface area contributed by atoms with E-state index in [1.807, 2.05) is 39.0 Å². The number of para-hydroxylation sites is 1. The fraction of sp³-hybridized carbons (Fsp3) is 0.429. The Morgan fingerprint density at radius 1 is 1.24 bits per heavy atom. The van der Waals surface area contributed by atoms with Crippen LogP contribution in [0.2, 0.25) is 0 Å². The summed E-state index contributed by atoms with van der Waals surface area (Å²) in [4.78, 5) is 19.9. The standard InChI is InChI=1S/C28H36BrFN4O3/c1-6-34(7-2)13-9-12-28(4,5)33-27(31)32-26(35)22-10-8-11-23(30)25(22)36-17-20-16-21(29)15-19-14-18(3)37-24(19)20/h8,10-11,14-16H,6-7,9,12-13,17H2,1-5H3,(H3,31,32,33,35). The van der Waals surface area contributed by atoms with Crippen LogP contribution in [0.1, 0.15) is 62.2 Å². The SMILES string of the molecule is CCN(CC)CCCC(C)(C)N=C(N)NC(=O)c1cccc(F)c1OCc1cc(Br)cc2cc(C)oc12. The van der Waals surface area contributed by atoms with Crippen LogP contribution >= 0.6 is 15.9 Å². The number of hydrogen-bond acceptors (Lipinski definition) is 5. The van der Waals surface area contributed by atoms with Crippen LogP contribution in [0.25, 0.3) is 11.0 Å². The van der Waals surface area contributed by atoms with Gasteiger partial charge in [-0.3, -0.25) is 10.1 Å². The molecule has 9 heteroatoms. The van der Waals surface area contributed by atoms with Gasteiger partial charge in [0.15, 0.2) is 17.5 Å². The van der Waals surface area contributed by atoms with E-state index in [9.17, 15) is 9.18 Å². The summed E-state index contributed by atoms with van der Waals surface area (Å²) >= 11 is 3.49. The van der Waals surface area contributed by atoms with Crippen LogP contribution in [0.4, 0.5) is 4.39 Å². The van der Waals surface area contributed by atoms with Crippen LogP contribution < -0.4 is 15.8 Å². The maximum absolute atomic E-state index is 14.8. The van der Waals surface area contributed by atoms with Gasteiger partial charge in [0.05, 0.1) is 11.1 Å². The van der Waals surface area contributed by atoms with Crippen LogP contribution in [0.15, 0.2) is 50.3 Å². The highest BCUT2D eigenvalue weighted by atomic mass is 79.9. The molecule has 200 valence electrons. The maximum atomic E-state index is 14.8. The molecule has 7 nitrogen and oxygen atoms in total. The molecule has 0 spiro atoms. The smallest absolute Gasteiger partial charge is 0.261 e. The predicted molar refractivity (Wildman–Crippen MR) is 150 cm³/mol. The van der Waals surface area contributed by atoms with Crippen LogP contribution in [0.5, 0.6) is 5.75 Å². The molecule has 0 atom stereocenters. The van der Waals surface area contributed by atoms with E-state index in [2.05, 4.69) is 45.0 Å². The van der Waals surface area contributed by atoms with Crippen molar-refractivity contribution in [2.75, 3.05) is 19.6 Å². The summed E-state index contributed by atoms with van der Waals surface area (Å²) < 4.78 is 27.2. The lowest BCUT2D eigenvalue weighted by atomic mass is 9.99. The Bertz CT molecular complexity index is 1270. The van der Waals surface area contributed by atoms with Crippen LogP contribution in [-0.2, 0) is 6.61 Å². The van der Waals surface area contributed by atoms with Crippen LogP contribution in [0, 0.1) is 12.7 Å².